The minimum absolute atomic E-state index is 0.00623. The summed E-state index contributed by atoms with van der Waals surface area (Å²) in [7, 11) is 0. The largest absolute Gasteiger partial charge is 0.491 e. The number of nitrogens with one attached hydrogen (secondary N) is 1. The number of aromatic nitrogens is 2. The van der Waals surface area contributed by atoms with Gasteiger partial charge < -0.3 is 14.6 Å². The number of rotatable bonds is 6. The van der Waals surface area contributed by atoms with Crippen molar-refractivity contribution >= 4 is 0 Å². The van der Waals surface area contributed by atoms with Crippen LogP contribution in [-0.2, 0) is 12.0 Å². The first-order valence-electron chi connectivity index (χ1n) is 8.09. The van der Waals surface area contributed by atoms with E-state index >= 15 is 0 Å². The first-order valence-corrected chi connectivity index (χ1v) is 8.09. The summed E-state index contributed by atoms with van der Waals surface area (Å²) in [6.45, 7) is 13.0. The van der Waals surface area contributed by atoms with Gasteiger partial charge in [0.1, 0.15) is 5.75 Å². The Morgan fingerprint density at radius 1 is 1.22 bits per heavy atom. The smallest absolute Gasteiger partial charge is 0.243 e. The van der Waals surface area contributed by atoms with E-state index in [2.05, 4.69) is 42.3 Å². The van der Waals surface area contributed by atoms with Gasteiger partial charge in [-0.2, -0.15) is 4.98 Å². The van der Waals surface area contributed by atoms with Crippen molar-refractivity contribution in [3.63, 3.8) is 0 Å². The molecule has 1 heterocycles. The third-order valence-electron chi connectivity index (χ3n) is 3.37. The predicted octanol–water partition coefficient (Wildman–Crippen LogP) is 4.01. The molecule has 1 aromatic heterocycles. The molecule has 1 atom stereocenters. The molecule has 1 N–H and O–H groups in total. The first kappa shape index (κ1) is 17.5. The van der Waals surface area contributed by atoms with Gasteiger partial charge in [0.2, 0.25) is 5.89 Å². The summed E-state index contributed by atoms with van der Waals surface area (Å²) in [4.78, 5) is 4.49. The Hall–Kier alpha value is -1.88. The number of hydrogen-bond donors (Lipinski definition) is 1. The van der Waals surface area contributed by atoms with Crippen molar-refractivity contribution in [2.45, 2.75) is 65.6 Å². The number of ether oxygens (including phenoxy) is 1. The molecule has 126 valence electrons. The first-order chi connectivity index (χ1) is 10.8. The molecule has 0 aliphatic carbocycles. The predicted molar refractivity (Wildman–Crippen MR) is 90.5 cm³/mol. The van der Waals surface area contributed by atoms with E-state index in [4.69, 9.17) is 9.26 Å². The standard InChI is InChI=1S/C18H27N3O2/c1-12(2)22-15-9-7-8-14(10-15)11-19-13(3)16-20-17(21-23-16)18(4,5)6/h7-10,12-13,19H,11H2,1-6H3. The Bertz CT molecular complexity index is 629. The summed E-state index contributed by atoms with van der Waals surface area (Å²) < 4.78 is 11.1. The Morgan fingerprint density at radius 3 is 2.57 bits per heavy atom. The summed E-state index contributed by atoms with van der Waals surface area (Å²) in [5, 5.41) is 7.47. The monoisotopic (exact) mass is 317 g/mol. The Morgan fingerprint density at radius 2 is 1.96 bits per heavy atom. The van der Waals surface area contributed by atoms with Gasteiger partial charge in [0.25, 0.3) is 0 Å². The van der Waals surface area contributed by atoms with E-state index in [1.165, 1.54) is 0 Å². The van der Waals surface area contributed by atoms with E-state index in [0.29, 0.717) is 12.4 Å². The molecule has 0 saturated carbocycles. The zero-order chi connectivity index (χ0) is 17.0. The topological polar surface area (TPSA) is 60.2 Å². The molecule has 1 aromatic carbocycles. The third kappa shape index (κ3) is 5.06. The maximum atomic E-state index is 5.72. The van der Waals surface area contributed by atoms with E-state index in [1.54, 1.807) is 0 Å². The van der Waals surface area contributed by atoms with Gasteiger partial charge in [0, 0.05) is 12.0 Å². The van der Waals surface area contributed by atoms with Gasteiger partial charge in [0.05, 0.1) is 12.1 Å². The van der Waals surface area contributed by atoms with Gasteiger partial charge in [-0.15, -0.1) is 0 Å². The fourth-order valence-electron chi connectivity index (χ4n) is 2.07. The molecule has 0 amide bonds. The summed E-state index contributed by atoms with van der Waals surface area (Å²) in [6, 6.07) is 8.09. The zero-order valence-electron chi connectivity index (χ0n) is 14.9. The average molecular weight is 317 g/mol. The second-order valence-corrected chi connectivity index (χ2v) is 7.12. The average Bonchev–Trinajstić information content (AvgIpc) is 2.94. The van der Waals surface area contributed by atoms with Crippen molar-refractivity contribution in [3.05, 3.63) is 41.5 Å². The highest BCUT2D eigenvalue weighted by molar-refractivity contribution is 5.28. The highest BCUT2D eigenvalue weighted by Crippen LogP contribution is 2.21. The molecule has 0 spiro atoms. The van der Waals surface area contributed by atoms with Crippen LogP contribution in [0.15, 0.2) is 28.8 Å². The molecular weight excluding hydrogens is 290 g/mol. The minimum atomic E-state index is -0.107. The number of benzene rings is 1. The maximum absolute atomic E-state index is 5.72. The normalized spacial score (nSPS) is 13.3. The van der Waals surface area contributed by atoms with Crippen molar-refractivity contribution in [1.82, 2.24) is 15.5 Å². The van der Waals surface area contributed by atoms with Crippen LogP contribution >= 0.6 is 0 Å². The molecule has 1 unspecified atom stereocenters. The molecule has 0 aliphatic heterocycles. The highest BCUT2D eigenvalue weighted by atomic mass is 16.5. The van der Waals surface area contributed by atoms with E-state index in [0.717, 1.165) is 17.1 Å². The van der Waals surface area contributed by atoms with E-state index in [9.17, 15) is 0 Å². The number of nitrogens with zero attached hydrogens (tertiary/aromatic N) is 2. The van der Waals surface area contributed by atoms with Gasteiger partial charge in [-0.3, -0.25) is 0 Å². The van der Waals surface area contributed by atoms with Crippen molar-refractivity contribution < 1.29 is 9.26 Å². The zero-order valence-corrected chi connectivity index (χ0v) is 14.9. The molecule has 2 aromatic rings. The molecule has 0 bridgehead atoms. The van der Waals surface area contributed by atoms with Crippen LogP contribution in [0, 0.1) is 0 Å². The van der Waals surface area contributed by atoms with Crippen LogP contribution in [0.3, 0.4) is 0 Å². The lowest BCUT2D eigenvalue weighted by Crippen LogP contribution is -2.19. The van der Waals surface area contributed by atoms with Gasteiger partial charge in [-0.1, -0.05) is 38.1 Å². The molecule has 5 heteroatoms. The summed E-state index contributed by atoms with van der Waals surface area (Å²) >= 11 is 0. The molecule has 0 fully saturated rings. The van der Waals surface area contributed by atoms with Crippen molar-refractivity contribution in [2.75, 3.05) is 0 Å². The van der Waals surface area contributed by atoms with Crippen LogP contribution in [0.1, 0.15) is 64.9 Å². The van der Waals surface area contributed by atoms with Crippen LogP contribution in [0.25, 0.3) is 0 Å². The quantitative estimate of drug-likeness (QED) is 0.872. The van der Waals surface area contributed by atoms with Gasteiger partial charge in [-0.05, 0) is 38.5 Å². The van der Waals surface area contributed by atoms with Gasteiger partial charge in [0.15, 0.2) is 5.82 Å². The highest BCUT2D eigenvalue weighted by Gasteiger charge is 2.22. The molecule has 0 saturated heterocycles. The summed E-state index contributed by atoms with van der Waals surface area (Å²) in [6.07, 6.45) is 0.173. The number of hydrogen-bond acceptors (Lipinski definition) is 5. The third-order valence-corrected chi connectivity index (χ3v) is 3.37. The van der Waals surface area contributed by atoms with E-state index < -0.39 is 0 Å². The lowest BCUT2D eigenvalue weighted by Gasteiger charge is -2.13. The summed E-state index contributed by atoms with van der Waals surface area (Å²) in [5.41, 5.74) is 1.05. The Balaban J connectivity index is 1.96. The molecular formula is C18H27N3O2. The van der Waals surface area contributed by atoms with Crippen molar-refractivity contribution in [3.8, 4) is 5.75 Å². The lowest BCUT2D eigenvalue weighted by molar-refractivity contribution is 0.242. The Kier molecular flexibility index (Phi) is 5.42. The van der Waals surface area contributed by atoms with E-state index in [1.807, 2.05) is 39.0 Å². The van der Waals surface area contributed by atoms with Crippen molar-refractivity contribution in [2.24, 2.45) is 0 Å². The van der Waals surface area contributed by atoms with Gasteiger partial charge >= 0.3 is 0 Å². The summed E-state index contributed by atoms with van der Waals surface area (Å²) in [5.74, 6) is 2.23. The van der Waals surface area contributed by atoms with Crippen LogP contribution < -0.4 is 10.1 Å². The van der Waals surface area contributed by atoms with Crippen LogP contribution in [0.5, 0.6) is 5.75 Å². The van der Waals surface area contributed by atoms with Crippen LogP contribution in [-0.4, -0.2) is 16.2 Å². The molecule has 5 nitrogen and oxygen atoms in total. The SMILES string of the molecule is CC(C)Oc1cccc(CNC(C)c2nc(C(C)(C)C)no2)c1. The van der Waals surface area contributed by atoms with Gasteiger partial charge in [-0.25, -0.2) is 0 Å². The fraction of sp³-hybridized carbons (Fsp3) is 0.556. The molecule has 2 rings (SSSR count). The van der Waals surface area contributed by atoms with Crippen LogP contribution in [0.4, 0.5) is 0 Å². The maximum Gasteiger partial charge on any atom is 0.243 e. The molecule has 23 heavy (non-hydrogen) atoms. The van der Waals surface area contributed by atoms with Crippen molar-refractivity contribution in [1.29, 1.82) is 0 Å². The second kappa shape index (κ2) is 7.13. The molecule has 0 aliphatic rings. The fourth-order valence-corrected chi connectivity index (χ4v) is 2.07. The minimum Gasteiger partial charge on any atom is -0.491 e. The van der Waals surface area contributed by atoms with E-state index in [-0.39, 0.29) is 17.6 Å². The molecule has 0 radical (unpaired) electrons. The Labute approximate surface area is 138 Å². The second-order valence-electron chi connectivity index (χ2n) is 7.12. The lowest BCUT2D eigenvalue weighted by atomic mass is 9.96. The van der Waals surface area contributed by atoms with Crippen LogP contribution in [0.2, 0.25) is 0 Å².